The molecular weight excluding hydrogens is 366 g/mol. The normalized spacial score (nSPS) is 14.9. The van der Waals surface area contributed by atoms with Gasteiger partial charge in [-0.1, -0.05) is 36.4 Å². The van der Waals surface area contributed by atoms with Gasteiger partial charge in [-0.15, -0.1) is 0 Å². The average Bonchev–Trinajstić information content (AvgIpc) is 2.68. The van der Waals surface area contributed by atoms with Gasteiger partial charge in [-0.2, -0.15) is 0 Å². The molecule has 2 aromatic carbocycles. The number of rotatable bonds is 5. The van der Waals surface area contributed by atoms with E-state index in [2.05, 4.69) is 10.0 Å². The molecule has 0 aliphatic carbocycles. The Morgan fingerprint density at radius 1 is 1.00 bits per heavy atom. The highest BCUT2D eigenvalue weighted by atomic mass is 32.2. The minimum atomic E-state index is -3.67. The van der Waals surface area contributed by atoms with E-state index < -0.39 is 10.0 Å². The topological polar surface area (TPSA) is 87.7 Å². The summed E-state index contributed by atoms with van der Waals surface area (Å²) in [6.45, 7) is 2.09. The zero-order valence-corrected chi connectivity index (χ0v) is 15.5. The zero-order chi connectivity index (χ0) is 19.1. The zero-order valence-electron chi connectivity index (χ0n) is 14.7. The van der Waals surface area contributed by atoms with E-state index in [1.807, 2.05) is 30.3 Å². The van der Waals surface area contributed by atoms with Gasteiger partial charge in [0.25, 0.3) is 10.0 Å². The Morgan fingerprint density at radius 3 is 2.44 bits per heavy atom. The largest absolute Gasteiger partial charge is 0.378 e. The molecule has 7 nitrogen and oxygen atoms in total. The molecule has 1 heterocycles. The number of sulfonamides is 1. The number of urea groups is 1. The van der Waals surface area contributed by atoms with E-state index in [1.165, 1.54) is 6.08 Å². The molecule has 1 saturated heterocycles. The molecule has 1 fully saturated rings. The first-order valence-electron chi connectivity index (χ1n) is 8.51. The summed E-state index contributed by atoms with van der Waals surface area (Å²) >= 11 is 0. The number of amides is 2. The molecule has 0 bridgehead atoms. The first-order valence-corrected chi connectivity index (χ1v) is 10.1. The molecule has 0 radical (unpaired) electrons. The Bertz CT molecular complexity index is 908. The third kappa shape index (κ3) is 5.83. The lowest BCUT2D eigenvalue weighted by Crippen LogP contribution is -2.43. The van der Waals surface area contributed by atoms with E-state index in [0.717, 1.165) is 11.0 Å². The summed E-state index contributed by atoms with van der Waals surface area (Å²) in [6, 6.07) is 15.5. The maximum atomic E-state index is 12.2. The van der Waals surface area contributed by atoms with E-state index in [1.54, 1.807) is 29.2 Å². The predicted molar refractivity (Wildman–Crippen MR) is 106 cm³/mol. The summed E-state index contributed by atoms with van der Waals surface area (Å²) in [5.74, 6) is 0. The number of hydrogen-bond acceptors (Lipinski definition) is 4. The van der Waals surface area contributed by atoms with Crippen LogP contribution in [-0.2, 0) is 14.8 Å². The van der Waals surface area contributed by atoms with Crippen LogP contribution < -0.4 is 10.0 Å². The average molecular weight is 387 g/mol. The van der Waals surface area contributed by atoms with E-state index >= 15 is 0 Å². The smallest absolute Gasteiger partial charge is 0.322 e. The molecule has 2 N–H and O–H groups in total. The fourth-order valence-electron chi connectivity index (χ4n) is 2.56. The maximum absolute atomic E-state index is 12.2. The highest BCUT2D eigenvalue weighted by Crippen LogP contribution is 2.18. The van der Waals surface area contributed by atoms with E-state index in [4.69, 9.17) is 4.74 Å². The van der Waals surface area contributed by atoms with Crippen LogP contribution in [0.25, 0.3) is 6.08 Å². The minimum absolute atomic E-state index is 0.234. The number of benzene rings is 2. The summed E-state index contributed by atoms with van der Waals surface area (Å²) < 4.78 is 32.2. The van der Waals surface area contributed by atoms with E-state index in [-0.39, 0.29) is 6.03 Å². The molecular formula is C19H21N3O4S. The van der Waals surface area contributed by atoms with Crippen molar-refractivity contribution in [3.05, 3.63) is 65.6 Å². The van der Waals surface area contributed by atoms with Crippen molar-refractivity contribution in [1.82, 2.24) is 4.90 Å². The lowest BCUT2D eigenvalue weighted by molar-refractivity contribution is 0.0564. The number of anilines is 2. The van der Waals surface area contributed by atoms with Gasteiger partial charge in [0, 0.05) is 18.8 Å². The van der Waals surface area contributed by atoms with Gasteiger partial charge >= 0.3 is 6.03 Å². The molecule has 2 amide bonds. The molecule has 27 heavy (non-hydrogen) atoms. The Morgan fingerprint density at radius 2 is 1.70 bits per heavy atom. The third-order valence-electron chi connectivity index (χ3n) is 3.91. The van der Waals surface area contributed by atoms with Crippen LogP contribution in [0.1, 0.15) is 5.56 Å². The number of carbonyl (C=O) groups excluding carboxylic acids is 1. The molecule has 0 spiro atoms. The monoisotopic (exact) mass is 387 g/mol. The second-order valence-corrected chi connectivity index (χ2v) is 7.54. The number of ether oxygens (including phenoxy) is 1. The van der Waals surface area contributed by atoms with Gasteiger partial charge in [0.2, 0.25) is 0 Å². The van der Waals surface area contributed by atoms with Crippen molar-refractivity contribution in [2.75, 3.05) is 36.3 Å². The molecule has 0 unspecified atom stereocenters. The van der Waals surface area contributed by atoms with Crippen LogP contribution in [0.2, 0.25) is 0 Å². The van der Waals surface area contributed by atoms with Crippen LogP contribution in [0, 0.1) is 0 Å². The summed E-state index contributed by atoms with van der Waals surface area (Å²) in [5.41, 5.74) is 1.67. The van der Waals surface area contributed by atoms with E-state index in [9.17, 15) is 13.2 Å². The highest BCUT2D eigenvalue weighted by molar-refractivity contribution is 7.95. The summed E-state index contributed by atoms with van der Waals surface area (Å²) in [5, 5.41) is 3.89. The first-order chi connectivity index (χ1) is 13.0. The summed E-state index contributed by atoms with van der Waals surface area (Å²) in [7, 11) is -3.67. The van der Waals surface area contributed by atoms with Crippen molar-refractivity contribution in [2.45, 2.75) is 0 Å². The van der Waals surface area contributed by atoms with Gasteiger partial charge in [0.15, 0.2) is 0 Å². The fraction of sp³-hybridized carbons (Fsp3) is 0.211. The number of carbonyl (C=O) groups is 1. The van der Waals surface area contributed by atoms with Crippen LogP contribution in [0.5, 0.6) is 0 Å². The Balaban J connectivity index is 1.64. The number of nitrogens with zero attached hydrogens (tertiary/aromatic N) is 1. The molecule has 142 valence electrons. The quantitative estimate of drug-likeness (QED) is 0.826. The third-order valence-corrected chi connectivity index (χ3v) is 4.93. The second kappa shape index (κ2) is 8.70. The number of nitrogens with one attached hydrogen (secondary N) is 2. The van der Waals surface area contributed by atoms with Gasteiger partial charge in [0.05, 0.1) is 24.3 Å². The maximum Gasteiger partial charge on any atom is 0.322 e. The summed E-state index contributed by atoms with van der Waals surface area (Å²) in [4.78, 5) is 13.9. The van der Waals surface area contributed by atoms with Crippen molar-refractivity contribution in [3.8, 4) is 0 Å². The molecule has 2 aromatic rings. The fourth-order valence-corrected chi connectivity index (χ4v) is 3.42. The van der Waals surface area contributed by atoms with Crippen LogP contribution in [-0.4, -0.2) is 45.7 Å². The summed E-state index contributed by atoms with van der Waals surface area (Å²) in [6.07, 6.45) is 1.52. The molecule has 0 atom stereocenters. The number of hydrogen-bond donors (Lipinski definition) is 2. The molecule has 3 rings (SSSR count). The number of morpholine rings is 1. The Kier molecular flexibility index (Phi) is 6.10. The lowest BCUT2D eigenvalue weighted by atomic mass is 10.2. The van der Waals surface area contributed by atoms with Gasteiger partial charge < -0.3 is 15.0 Å². The van der Waals surface area contributed by atoms with Gasteiger partial charge in [0.1, 0.15) is 0 Å². The predicted octanol–water partition coefficient (Wildman–Crippen LogP) is 2.96. The minimum Gasteiger partial charge on any atom is -0.378 e. The Labute approximate surface area is 158 Å². The van der Waals surface area contributed by atoms with E-state index in [0.29, 0.717) is 37.7 Å². The van der Waals surface area contributed by atoms with Crippen molar-refractivity contribution >= 4 is 33.5 Å². The van der Waals surface area contributed by atoms with Crippen LogP contribution in [0.15, 0.2) is 60.0 Å². The molecule has 1 aliphatic rings. The first kappa shape index (κ1) is 18.9. The lowest BCUT2D eigenvalue weighted by Gasteiger charge is -2.27. The standard InChI is InChI=1S/C19H21N3O4S/c23-19(22-10-12-26-13-11-22)20-17-7-4-8-18(15-17)21-27(24,25)14-9-16-5-2-1-3-6-16/h1-9,14-15,21H,10-13H2,(H,20,23). The second-order valence-electron chi connectivity index (χ2n) is 5.97. The van der Waals surface area contributed by atoms with Gasteiger partial charge in [-0.3, -0.25) is 4.72 Å². The molecule has 1 aliphatic heterocycles. The van der Waals surface area contributed by atoms with Crippen molar-refractivity contribution in [3.63, 3.8) is 0 Å². The highest BCUT2D eigenvalue weighted by Gasteiger charge is 2.17. The molecule has 0 saturated carbocycles. The van der Waals surface area contributed by atoms with Crippen molar-refractivity contribution in [1.29, 1.82) is 0 Å². The molecule has 0 aromatic heterocycles. The van der Waals surface area contributed by atoms with Crippen molar-refractivity contribution < 1.29 is 17.9 Å². The molecule has 8 heteroatoms. The van der Waals surface area contributed by atoms with Gasteiger partial charge in [-0.05, 0) is 29.8 Å². The van der Waals surface area contributed by atoms with Crippen LogP contribution >= 0.6 is 0 Å². The van der Waals surface area contributed by atoms with Gasteiger partial charge in [-0.25, -0.2) is 13.2 Å². The SMILES string of the molecule is O=C(Nc1cccc(NS(=O)(=O)C=Cc2ccccc2)c1)N1CCOCC1. The van der Waals surface area contributed by atoms with Crippen LogP contribution in [0.4, 0.5) is 16.2 Å². The van der Waals surface area contributed by atoms with Crippen molar-refractivity contribution in [2.24, 2.45) is 0 Å². The van der Waals surface area contributed by atoms with Crippen LogP contribution in [0.3, 0.4) is 0 Å². The Hall–Kier alpha value is -2.84.